The summed E-state index contributed by atoms with van der Waals surface area (Å²) in [6, 6.07) is 14.3. The second-order valence-corrected chi connectivity index (χ2v) is 4.64. The maximum absolute atomic E-state index is 12.8. The topological polar surface area (TPSA) is 62.1 Å². The molecule has 5 heteroatoms. The Morgan fingerprint density at radius 2 is 2.04 bits per heavy atom. The van der Waals surface area contributed by atoms with Crippen molar-refractivity contribution >= 4 is 17.7 Å². The standard InChI is InChI=1S/C18H15FN2O2/c1-2-23-17-5-3-4-13(11-17)10-14(12-20)18(22)21-16-8-6-15(19)7-9-16/h3-11H,2H2,1H3,(H,21,22)/b14-10-. The van der Waals surface area contributed by atoms with Crippen molar-refractivity contribution in [3.63, 3.8) is 0 Å². The summed E-state index contributed by atoms with van der Waals surface area (Å²) in [4.78, 5) is 12.1. The van der Waals surface area contributed by atoms with Crippen molar-refractivity contribution in [3.05, 3.63) is 65.5 Å². The van der Waals surface area contributed by atoms with Crippen molar-refractivity contribution in [3.8, 4) is 11.8 Å². The number of hydrogen-bond donors (Lipinski definition) is 1. The molecule has 0 aliphatic heterocycles. The molecule has 0 radical (unpaired) electrons. The summed E-state index contributed by atoms with van der Waals surface area (Å²) >= 11 is 0. The molecule has 0 aliphatic carbocycles. The number of carbonyl (C=O) groups is 1. The lowest BCUT2D eigenvalue weighted by atomic mass is 10.1. The molecule has 2 aromatic rings. The Hall–Kier alpha value is -3.13. The maximum atomic E-state index is 12.8. The van der Waals surface area contributed by atoms with Gasteiger partial charge >= 0.3 is 0 Å². The van der Waals surface area contributed by atoms with Crippen molar-refractivity contribution in [1.29, 1.82) is 5.26 Å². The summed E-state index contributed by atoms with van der Waals surface area (Å²) in [7, 11) is 0. The van der Waals surface area contributed by atoms with Gasteiger partial charge in [0.2, 0.25) is 0 Å². The highest BCUT2D eigenvalue weighted by Crippen LogP contribution is 2.17. The average molecular weight is 310 g/mol. The van der Waals surface area contributed by atoms with Crippen molar-refractivity contribution in [2.75, 3.05) is 11.9 Å². The number of rotatable bonds is 5. The summed E-state index contributed by atoms with van der Waals surface area (Å²) in [5.74, 6) is -0.287. The van der Waals surface area contributed by atoms with Crippen LogP contribution in [0.5, 0.6) is 5.75 Å². The van der Waals surface area contributed by atoms with Gasteiger partial charge in [-0.05, 0) is 55.0 Å². The van der Waals surface area contributed by atoms with Gasteiger partial charge in [0.05, 0.1) is 6.61 Å². The van der Waals surface area contributed by atoms with Gasteiger partial charge < -0.3 is 10.1 Å². The van der Waals surface area contributed by atoms with Gasteiger partial charge in [-0.2, -0.15) is 5.26 Å². The largest absolute Gasteiger partial charge is 0.494 e. The van der Waals surface area contributed by atoms with E-state index in [2.05, 4.69) is 5.32 Å². The number of hydrogen-bond acceptors (Lipinski definition) is 3. The third kappa shape index (κ3) is 4.68. The number of anilines is 1. The highest BCUT2D eigenvalue weighted by molar-refractivity contribution is 6.09. The first-order chi connectivity index (χ1) is 11.1. The number of ether oxygens (including phenoxy) is 1. The summed E-state index contributed by atoms with van der Waals surface area (Å²) in [5.41, 5.74) is 1.05. The number of nitriles is 1. The van der Waals surface area contributed by atoms with Crippen LogP contribution < -0.4 is 10.1 Å². The maximum Gasteiger partial charge on any atom is 0.266 e. The summed E-state index contributed by atoms with van der Waals surface area (Å²) in [6.07, 6.45) is 1.47. The van der Waals surface area contributed by atoms with Crippen molar-refractivity contribution in [2.45, 2.75) is 6.92 Å². The van der Waals surface area contributed by atoms with Crippen LogP contribution in [0.1, 0.15) is 12.5 Å². The minimum atomic E-state index is -0.555. The molecule has 0 heterocycles. The summed E-state index contributed by atoms with van der Waals surface area (Å²) < 4.78 is 18.2. The molecule has 1 N–H and O–H groups in total. The van der Waals surface area contributed by atoms with Crippen LogP contribution in [0.2, 0.25) is 0 Å². The smallest absolute Gasteiger partial charge is 0.266 e. The molecule has 0 spiro atoms. The average Bonchev–Trinajstić information content (AvgIpc) is 2.55. The Morgan fingerprint density at radius 1 is 1.30 bits per heavy atom. The highest BCUT2D eigenvalue weighted by atomic mass is 19.1. The zero-order chi connectivity index (χ0) is 16.7. The molecular weight excluding hydrogens is 295 g/mol. The van der Waals surface area contributed by atoms with Gasteiger partial charge in [-0.1, -0.05) is 12.1 Å². The van der Waals surface area contributed by atoms with E-state index in [0.29, 0.717) is 23.6 Å². The first-order valence-electron chi connectivity index (χ1n) is 7.04. The SMILES string of the molecule is CCOc1cccc(/C=C(/C#N)C(=O)Nc2ccc(F)cc2)c1. The van der Waals surface area contributed by atoms with Crippen LogP contribution in [0.4, 0.5) is 10.1 Å². The zero-order valence-electron chi connectivity index (χ0n) is 12.5. The van der Waals surface area contributed by atoms with Gasteiger partial charge in [-0.3, -0.25) is 4.79 Å². The van der Waals surface area contributed by atoms with Gasteiger partial charge in [0.25, 0.3) is 5.91 Å². The molecule has 2 rings (SSSR count). The molecule has 0 saturated heterocycles. The third-order valence-electron chi connectivity index (χ3n) is 2.95. The lowest BCUT2D eigenvalue weighted by molar-refractivity contribution is -0.112. The van der Waals surface area contributed by atoms with E-state index < -0.39 is 11.7 Å². The number of halogens is 1. The van der Waals surface area contributed by atoms with E-state index in [1.54, 1.807) is 24.3 Å². The second-order valence-electron chi connectivity index (χ2n) is 4.64. The molecule has 23 heavy (non-hydrogen) atoms. The second kappa shape index (κ2) is 7.76. The molecule has 116 valence electrons. The van der Waals surface area contributed by atoms with E-state index in [1.165, 1.54) is 30.3 Å². The normalized spacial score (nSPS) is 10.7. The predicted molar refractivity (Wildman–Crippen MR) is 86.2 cm³/mol. The Balaban J connectivity index is 2.18. The number of nitrogens with zero attached hydrogens (tertiary/aromatic N) is 1. The van der Waals surface area contributed by atoms with E-state index in [9.17, 15) is 14.4 Å². The van der Waals surface area contributed by atoms with Gasteiger partial charge in [0.1, 0.15) is 23.2 Å². The Morgan fingerprint density at radius 3 is 2.70 bits per heavy atom. The molecule has 0 atom stereocenters. The Kier molecular flexibility index (Phi) is 5.48. The number of nitrogens with one attached hydrogen (secondary N) is 1. The third-order valence-corrected chi connectivity index (χ3v) is 2.95. The highest BCUT2D eigenvalue weighted by Gasteiger charge is 2.09. The van der Waals surface area contributed by atoms with Crippen LogP contribution >= 0.6 is 0 Å². The molecule has 0 saturated carbocycles. The Bertz CT molecular complexity index is 761. The zero-order valence-corrected chi connectivity index (χ0v) is 12.5. The quantitative estimate of drug-likeness (QED) is 0.675. The van der Waals surface area contributed by atoms with E-state index in [-0.39, 0.29) is 5.57 Å². The van der Waals surface area contributed by atoms with Gasteiger partial charge in [-0.15, -0.1) is 0 Å². The molecule has 0 aliphatic rings. The molecule has 0 bridgehead atoms. The Labute approximate surface area is 133 Å². The molecule has 0 aromatic heterocycles. The first kappa shape index (κ1) is 16.2. The van der Waals surface area contributed by atoms with Gasteiger partial charge in [0, 0.05) is 5.69 Å². The van der Waals surface area contributed by atoms with Crippen LogP contribution in [0, 0.1) is 17.1 Å². The molecule has 0 unspecified atom stereocenters. The fourth-order valence-electron chi connectivity index (χ4n) is 1.91. The first-order valence-corrected chi connectivity index (χ1v) is 7.04. The van der Waals surface area contributed by atoms with E-state index >= 15 is 0 Å². The van der Waals surface area contributed by atoms with Crippen LogP contribution in [-0.4, -0.2) is 12.5 Å². The predicted octanol–water partition coefficient (Wildman–Crippen LogP) is 3.77. The van der Waals surface area contributed by atoms with Crippen LogP contribution in [0.15, 0.2) is 54.1 Å². The van der Waals surface area contributed by atoms with Crippen molar-refractivity contribution in [1.82, 2.24) is 0 Å². The summed E-state index contributed by atoms with van der Waals surface area (Å²) in [6.45, 7) is 2.41. The van der Waals surface area contributed by atoms with Crippen molar-refractivity contribution in [2.24, 2.45) is 0 Å². The fourth-order valence-corrected chi connectivity index (χ4v) is 1.91. The lowest BCUT2D eigenvalue weighted by Gasteiger charge is -2.05. The number of carbonyl (C=O) groups excluding carboxylic acids is 1. The monoisotopic (exact) mass is 310 g/mol. The molecule has 0 fully saturated rings. The number of benzene rings is 2. The van der Waals surface area contributed by atoms with Crippen LogP contribution in [0.25, 0.3) is 6.08 Å². The molecule has 2 aromatic carbocycles. The molecular formula is C18H15FN2O2. The molecule has 1 amide bonds. The minimum absolute atomic E-state index is 0.0528. The van der Waals surface area contributed by atoms with E-state index in [0.717, 1.165) is 0 Å². The minimum Gasteiger partial charge on any atom is -0.494 e. The summed E-state index contributed by atoms with van der Waals surface area (Å²) in [5, 5.41) is 11.7. The molecule has 4 nitrogen and oxygen atoms in total. The van der Waals surface area contributed by atoms with Crippen molar-refractivity contribution < 1.29 is 13.9 Å². The van der Waals surface area contributed by atoms with Gasteiger partial charge in [-0.25, -0.2) is 4.39 Å². The van der Waals surface area contributed by atoms with E-state index in [1.807, 2.05) is 13.0 Å². The number of amides is 1. The van der Waals surface area contributed by atoms with Gasteiger partial charge in [0.15, 0.2) is 0 Å². The fraction of sp³-hybridized carbons (Fsp3) is 0.111. The van der Waals surface area contributed by atoms with E-state index in [4.69, 9.17) is 4.74 Å². The van der Waals surface area contributed by atoms with Crippen LogP contribution in [-0.2, 0) is 4.79 Å². The van der Waals surface area contributed by atoms with Crippen LogP contribution in [0.3, 0.4) is 0 Å². The lowest BCUT2D eigenvalue weighted by Crippen LogP contribution is -2.13.